The third-order valence-electron chi connectivity index (χ3n) is 5.44. The molecule has 0 bridgehead atoms. The highest BCUT2D eigenvalue weighted by Gasteiger charge is 2.47. The summed E-state index contributed by atoms with van der Waals surface area (Å²) in [5.41, 5.74) is 1.38. The molecule has 2 aliphatic rings. The molecule has 1 amide bonds. The van der Waals surface area contributed by atoms with Crippen LogP contribution in [0.15, 0.2) is 36.9 Å². The minimum Gasteiger partial charge on any atom is -0.480 e. The van der Waals surface area contributed by atoms with Gasteiger partial charge in [-0.25, -0.2) is 4.79 Å². The number of rotatable bonds is 3. The molecule has 0 unspecified atom stereocenters. The molecule has 1 aromatic heterocycles. The maximum atomic E-state index is 13.0. The maximum Gasteiger partial charge on any atom is 0.326 e. The lowest BCUT2D eigenvalue weighted by Gasteiger charge is -2.33. The number of hydrogen-bond acceptors (Lipinski definition) is 4. The number of carboxylic acid groups (broad SMARTS) is 1. The molecule has 3 atom stereocenters. The number of amides is 1. The van der Waals surface area contributed by atoms with E-state index in [0.717, 1.165) is 31.4 Å². The minimum absolute atomic E-state index is 0.0554. The Morgan fingerprint density at radius 3 is 2.40 bits per heavy atom. The Balaban J connectivity index is 1.61. The molecular formula is C18H20N4O3. The molecular weight excluding hydrogens is 320 g/mol. The molecule has 130 valence electrons. The number of nitrogens with zero attached hydrogens (tertiary/aromatic N) is 4. The first-order chi connectivity index (χ1) is 12.1. The summed E-state index contributed by atoms with van der Waals surface area (Å²) >= 11 is 0. The number of carboxylic acids is 1. The summed E-state index contributed by atoms with van der Waals surface area (Å²) in [6.45, 7) is 0. The summed E-state index contributed by atoms with van der Waals surface area (Å²) in [7, 11) is 0. The number of carbonyl (C=O) groups is 2. The first-order valence-electron chi connectivity index (χ1n) is 8.65. The highest BCUT2D eigenvalue weighted by molar-refractivity contribution is 5.97. The van der Waals surface area contributed by atoms with Gasteiger partial charge in [-0.3, -0.25) is 9.36 Å². The molecule has 0 spiro atoms. The molecule has 1 aliphatic heterocycles. The summed E-state index contributed by atoms with van der Waals surface area (Å²) in [5.74, 6) is -0.768. The summed E-state index contributed by atoms with van der Waals surface area (Å²) in [4.78, 5) is 26.4. The third-order valence-corrected chi connectivity index (χ3v) is 5.44. The summed E-state index contributed by atoms with van der Waals surface area (Å²) < 4.78 is 1.75. The average Bonchev–Trinajstić information content (AvgIpc) is 3.29. The second-order valence-corrected chi connectivity index (χ2v) is 6.83. The quantitative estimate of drug-likeness (QED) is 0.924. The fourth-order valence-corrected chi connectivity index (χ4v) is 4.23. The van der Waals surface area contributed by atoms with Gasteiger partial charge in [-0.1, -0.05) is 12.8 Å². The van der Waals surface area contributed by atoms with Crippen LogP contribution in [0.5, 0.6) is 0 Å². The third kappa shape index (κ3) is 2.79. The number of benzene rings is 1. The number of hydrogen-bond donors (Lipinski definition) is 1. The molecule has 25 heavy (non-hydrogen) atoms. The van der Waals surface area contributed by atoms with Gasteiger partial charge in [0.1, 0.15) is 18.7 Å². The fraction of sp³-hybridized carbons (Fsp3) is 0.444. The van der Waals surface area contributed by atoms with Crippen LogP contribution in [-0.2, 0) is 4.79 Å². The number of aliphatic carboxylic acids is 1. The molecule has 1 saturated heterocycles. The topological polar surface area (TPSA) is 88.3 Å². The lowest BCUT2D eigenvalue weighted by molar-refractivity contribution is -0.141. The predicted molar refractivity (Wildman–Crippen MR) is 89.3 cm³/mol. The molecule has 0 radical (unpaired) electrons. The van der Waals surface area contributed by atoms with Gasteiger partial charge in [-0.2, -0.15) is 0 Å². The number of aromatic nitrogens is 3. The first kappa shape index (κ1) is 15.8. The van der Waals surface area contributed by atoms with Crippen molar-refractivity contribution in [2.75, 3.05) is 0 Å². The van der Waals surface area contributed by atoms with Crippen LogP contribution in [0, 0.1) is 5.92 Å². The highest BCUT2D eigenvalue weighted by atomic mass is 16.4. The van der Waals surface area contributed by atoms with Gasteiger partial charge in [0.15, 0.2) is 0 Å². The molecule has 2 aromatic rings. The van der Waals surface area contributed by atoms with Crippen molar-refractivity contribution in [1.82, 2.24) is 19.7 Å². The van der Waals surface area contributed by atoms with Crippen LogP contribution < -0.4 is 0 Å². The fourth-order valence-electron chi connectivity index (χ4n) is 4.23. The highest BCUT2D eigenvalue weighted by Crippen LogP contribution is 2.40. The van der Waals surface area contributed by atoms with Crippen molar-refractivity contribution in [2.24, 2.45) is 5.92 Å². The van der Waals surface area contributed by atoms with Crippen molar-refractivity contribution < 1.29 is 14.7 Å². The van der Waals surface area contributed by atoms with E-state index < -0.39 is 12.0 Å². The monoisotopic (exact) mass is 340 g/mol. The second-order valence-electron chi connectivity index (χ2n) is 6.83. The van der Waals surface area contributed by atoms with Gasteiger partial charge in [-0.15, -0.1) is 10.2 Å². The largest absolute Gasteiger partial charge is 0.480 e. The zero-order valence-electron chi connectivity index (χ0n) is 13.8. The zero-order chi connectivity index (χ0) is 17.4. The number of likely N-dealkylation sites (tertiary alicyclic amines) is 1. The summed E-state index contributed by atoms with van der Waals surface area (Å²) in [6, 6.07) is 6.47. The summed E-state index contributed by atoms with van der Waals surface area (Å²) in [6.07, 6.45) is 7.86. The van der Waals surface area contributed by atoms with Crippen LogP contribution in [0.25, 0.3) is 5.69 Å². The Bertz CT molecular complexity index is 772. The Kier molecular flexibility index (Phi) is 3.99. The molecule has 1 aromatic carbocycles. The van der Waals surface area contributed by atoms with Gasteiger partial charge < -0.3 is 10.0 Å². The normalized spacial score (nSPS) is 25.6. The van der Waals surface area contributed by atoms with E-state index in [2.05, 4.69) is 10.2 Å². The molecule has 2 fully saturated rings. The predicted octanol–water partition coefficient (Wildman–Crippen LogP) is 2.13. The Morgan fingerprint density at radius 1 is 1.04 bits per heavy atom. The lowest BCUT2D eigenvalue weighted by atomic mass is 9.84. The average molecular weight is 340 g/mol. The Hall–Kier alpha value is -2.70. The molecule has 4 rings (SSSR count). The van der Waals surface area contributed by atoms with Crippen LogP contribution in [0.4, 0.5) is 0 Å². The molecule has 1 aliphatic carbocycles. The van der Waals surface area contributed by atoms with E-state index in [1.807, 2.05) is 12.1 Å². The van der Waals surface area contributed by atoms with Gasteiger partial charge in [0.05, 0.1) is 0 Å². The van der Waals surface area contributed by atoms with E-state index in [0.29, 0.717) is 17.9 Å². The van der Waals surface area contributed by atoms with Crippen molar-refractivity contribution in [3.63, 3.8) is 0 Å². The van der Waals surface area contributed by atoms with Crippen molar-refractivity contribution in [2.45, 2.75) is 44.2 Å². The maximum absolute atomic E-state index is 13.0. The minimum atomic E-state index is -0.899. The van der Waals surface area contributed by atoms with Crippen LogP contribution in [0.1, 0.15) is 42.5 Å². The van der Waals surface area contributed by atoms with Gasteiger partial charge in [-0.05, 0) is 49.4 Å². The van der Waals surface area contributed by atoms with E-state index in [1.165, 1.54) is 0 Å². The first-order valence-corrected chi connectivity index (χ1v) is 8.65. The van der Waals surface area contributed by atoms with Gasteiger partial charge in [0.2, 0.25) is 0 Å². The van der Waals surface area contributed by atoms with Crippen LogP contribution >= 0.6 is 0 Å². The lowest BCUT2D eigenvalue weighted by Crippen LogP contribution is -2.46. The second kappa shape index (κ2) is 6.31. The standard InChI is InChI=1S/C18H20N4O3/c23-17(12-5-7-14(8-6-12)21-10-19-20-11-21)22-15-4-2-1-3-13(15)9-16(22)18(24)25/h5-8,10-11,13,15-16H,1-4,9H2,(H,24,25)/t13-,15+,16-/m0/s1. The van der Waals surface area contributed by atoms with Crippen molar-refractivity contribution in [3.8, 4) is 5.69 Å². The molecule has 2 heterocycles. The Morgan fingerprint density at radius 2 is 1.72 bits per heavy atom. The molecule has 7 heteroatoms. The van der Waals surface area contributed by atoms with Crippen molar-refractivity contribution >= 4 is 11.9 Å². The molecule has 1 saturated carbocycles. The molecule has 1 N–H and O–H groups in total. The van der Waals surface area contributed by atoms with Crippen molar-refractivity contribution in [3.05, 3.63) is 42.5 Å². The van der Waals surface area contributed by atoms with Crippen LogP contribution in [0.3, 0.4) is 0 Å². The Labute approximate surface area is 145 Å². The van der Waals surface area contributed by atoms with Gasteiger partial charge >= 0.3 is 5.97 Å². The SMILES string of the molecule is O=C(O)[C@@H]1C[C@@H]2CCCC[C@H]2N1C(=O)c1ccc(-n2cnnc2)cc1. The number of carbonyl (C=O) groups excluding carboxylic acids is 1. The van der Waals surface area contributed by atoms with Crippen LogP contribution in [0.2, 0.25) is 0 Å². The molecule has 7 nitrogen and oxygen atoms in total. The van der Waals surface area contributed by atoms with Crippen molar-refractivity contribution in [1.29, 1.82) is 0 Å². The van der Waals surface area contributed by atoms with Crippen LogP contribution in [-0.4, -0.2) is 48.7 Å². The van der Waals surface area contributed by atoms with E-state index in [1.54, 1.807) is 34.3 Å². The summed E-state index contributed by atoms with van der Waals surface area (Å²) in [5, 5.41) is 17.1. The van der Waals surface area contributed by atoms with E-state index in [9.17, 15) is 14.7 Å². The van der Waals surface area contributed by atoms with Gasteiger partial charge in [0.25, 0.3) is 5.91 Å². The zero-order valence-corrected chi connectivity index (χ0v) is 13.8. The van der Waals surface area contributed by atoms with E-state index in [-0.39, 0.29) is 11.9 Å². The van der Waals surface area contributed by atoms with Gasteiger partial charge in [0, 0.05) is 17.3 Å². The van der Waals surface area contributed by atoms with E-state index >= 15 is 0 Å². The van der Waals surface area contributed by atoms with E-state index in [4.69, 9.17) is 0 Å². The smallest absolute Gasteiger partial charge is 0.326 e. The number of fused-ring (bicyclic) bond motifs is 1.